The highest BCUT2D eigenvalue weighted by atomic mass is 32.1. The molecule has 106 valence electrons. The summed E-state index contributed by atoms with van der Waals surface area (Å²) in [6.45, 7) is 5.27. The molecule has 0 amide bonds. The quantitative estimate of drug-likeness (QED) is 0.768. The van der Waals surface area contributed by atoms with Crippen LogP contribution in [0.5, 0.6) is 0 Å². The predicted octanol–water partition coefficient (Wildman–Crippen LogP) is 4.19. The minimum absolute atomic E-state index is 0.996. The van der Waals surface area contributed by atoms with E-state index in [1.807, 2.05) is 0 Å². The van der Waals surface area contributed by atoms with Gasteiger partial charge in [-0.25, -0.2) is 4.68 Å². The van der Waals surface area contributed by atoms with Crippen molar-refractivity contribution >= 4 is 17.2 Å². The first-order chi connectivity index (χ1) is 10.2. The van der Waals surface area contributed by atoms with Crippen LogP contribution >= 0.6 is 11.3 Å². The van der Waals surface area contributed by atoms with Crippen LogP contribution in [-0.4, -0.2) is 16.3 Å². The fourth-order valence-electron chi connectivity index (χ4n) is 3.00. The molecule has 0 atom stereocenters. The van der Waals surface area contributed by atoms with Crippen molar-refractivity contribution in [3.63, 3.8) is 0 Å². The van der Waals surface area contributed by atoms with Gasteiger partial charge in [0.1, 0.15) is 11.5 Å². The van der Waals surface area contributed by atoms with Gasteiger partial charge < -0.3 is 5.32 Å². The fourth-order valence-corrected chi connectivity index (χ4v) is 3.74. The Kier molecular flexibility index (Phi) is 2.86. The van der Waals surface area contributed by atoms with Gasteiger partial charge in [0.15, 0.2) is 0 Å². The van der Waals surface area contributed by atoms with E-state index >= 15 is 0 Å². The lowest BCUT2D eigenvalue weighted by molar-refractivity contribution is 0.875. The summed E-state index contributed by atoms with van der Waals surface area (Å²) in [5.41, 5.74) is 6.18. The second-order valence-electron chi connectivity index (χ2n) is 5.53. The van der Waals surface area contributed by atoms with Gasteiger partial charge in [-0.15, -0.1) is 11.3 Å². The third-order valence-electron chi connectivity index (χ3n) is 3.99. The van der Waals surface area contributed by atoms with Crippen molar-refractivity contribution in [3.8, 4) is 16.3 Å². The van der Waals surface area contributed by atoms with Crippen LogP contribution in [0.4, 0.5) is 5.82 Å². The summed E-state index contributed by atoms with van der Waals surface area (Å²) in [5, 5.41) is 10.5. The highest BCUT2D eigenvalue weighted by Gasteiger charge is 2.24. The first-order valence-electron chi connectivity index (χ1n) is 7.21. The molecule has 0 fully saturated rings. The molecule has 3 aromatic rings. The van der Waals surface area contributed by atoms with E-state index in [0.29, 0.717) is 0 Å². The van der Waals surface area contributed by atoms with Crippen LogP contribution in [-0.2, 0) is 6.42 Å². The van der Waals surface area contributed by atoms with Crippen LogP contribution in [0.1, 0.15) is 16.7 Å². The summed E-state index contributed by atoms with van der Waals surface area (Å²) in [5.74, 6) is 1.16. The highest BCUT2D eigenvalue weighted by molar-refractivity contribution is 7.13. The van der Waals surface area contributed by atoms with Crippen LogP contribution in [0, 0.1) is 13.8 Å². The summed E-state index contributed by atoms with van der Waals surface area (Å²) >= 11 is 1.75. The molecule has 1 aromatic carbocycles. The van der Waals surface area contributed by atoms with Gasteiger partial charge in [-0.1, -0.05) is 23.8 Å². The molecule has 21 heavy (non-hydrogen) atoms. The van der Waals surface area contributed by atoms with E-state index in [0.717, 1.165) is 30.2 Å². The maximum atomic E-state index is 4.90. The van der Waals surface area contributed by atoms with Crippen molar-refractivity contribution in [2.24, 2.45) is 0 Å². The lowest BCUT2D eigenvalue weighted by atomic mass is 10.1. The number of hydrogen-bond donors (Lipinski definition) is 1. The molecule has 3 nitrogen and oxygen atoms in total. The van der Waals surface area contributed by atoms with Crippen LogP contribution in [0.25, 0.3) is 16.3 Å². The van der Waals surface area contributed by atoms with E-state index in [2.05, 4.69) is 59.6 Å². The summed E-state index contributed by atoms with van der Waals surface area (Å²) in [6, 6.07) is 10.8. The summed E-state index contributed by atoms with van der Waals surface area (Å²) in [4.78, 5) is 1.25. The third kappa shape index (κ3) is 1.98. The fraction of sp³-hybridized carbons (Fsp3) is 0.235. The predicted molar refractivity (Wildman–Crippen MR) is 88.5 cm³/mol. The van der Waals surface area contributed by atoms with Crippen LogP contribution in [0.2, 0.25) is 0 Å². The Balaban J connectivity index is 1.92. The standard InChI is InChI=1S/C17H17N3S/c1-11-5-6-14(12(2)10-11)20-17-13(7-8-18-17)16(19-20)15-4-3-9-21-15/h3-6,9-10,18H,7-8H2,1-2H3. The molecule has 1 N–H and O–H groups in total. The number of aryl methyl sites for hydroxylation is 2. The number of fused-ring (bicyclic) bond motifs is 1. The van der Waals surface area contributed by atoms with Gasteiger partial charge in [0.25, 0.3) is 0 Å². The van der Waals surface area contributed by atoms with E-state index in [4.69, 9.17) is 5.10 Å². The molecule has 0 saturated carbocycles. The number of anilines is 1. The molecule has 0 unspecified atom stereocenters. The van der Waals surface area contributed by atoms with E-state index in [-0.39, 0.29) is 0 Å². The number of hydrogen-bond acceptors (Lipinski definition) is 3. The maximum Gasteiger partial charge on any atom is 0.133 e. The summed E-state index contributed by atoms with van der Waals surface area (Å²) in [7, 11) is 0. The molecule has 0 radical (unpaired) electrons. The van der Waals surface area contributed by atoms with Crippen LogP contribution in [0.3, 0.4) is 0 Å². The Bertz CT molecular complexity index is 800. The number of thiophene rings is 1. The second-order valence-corrected chi connectivity index (χ2v) is 6.48. The van der Waals surface area contributed by atoms with Crippen LogP contribution in [0.15, 0.2) is 35.7 Å². The van der Waals surface area contributed by atoms with Gasteiger partial charge in [0.2, 0.25) is 0 Å². The number of rotatable bonds is 2. The maximum absolute atomic E-state index is 4.90. The van der Waals surface area contributed by atoms with Gasteiger partial charge in [-0.3, -0.25) is 0 Å². The van der Waals surface area contributed by atoms with Crippen molar-refractivity contribution in [3.05, 3.63) is 52.4 Å². The molecule has 4 heteroatoms. The molecular formula is C17H17N3S. The zero-order chi connectivity index (χ0) is 14.4. The molecule has 0 aliphatic carbocycles. The Labute approximate surface area is 128 Å². The smallest absolute Gasteiger partial charge is 0.133 e. The molecule has 3 heterocycles. The number of benzene rings is 1. The van der Waals surface area contributed by atoms with Gasteiger partial charge in [0.05, 0.1) is 10.6 Å². The number of nitrogens with one attached hydrogen (secondary N) is 1. The largest absolute Gasteiger partial charge is 0.369 e. The minimum Gasteiger partial charge on any atom is -0.369 e. The van der Waals surface area contributed by atoms with E-state index in [9.17, 15) is 0 Å². The Morgan fingerprint density at radius 1 is 1.24 bits per heavy atom. The topological polar surface area (TPSA) is 29.9 Å². The zero-order valence-corrected chi connectivity index (χ0v) is 13.0. The normalized spacial score (nSPS) is 13.2. The van der Waals surface area contributed by atoms with Crippen molar-refractivity contribution in [1.29, 1.82) is 0 Å². The SMILES string of the molecule is Cc1ccc(-n2nc(-c3cccs3)c3c2NCC3)c(C)c1. The summed E-state index contributed by atoms with van der Waals surface area (Å²) in [6.07, 6.45) is 1.05. The third-order valence-corrected chi connectivity index (χ3v) is 4.86. The Hall–Kier alpha value is -2.07. The highest BCUT2D eigenvalue weighted by Crippen LogP contribution is 2.36. The average Bonchev–Trinajstić information content (AvgIpc) is 3.15. The van der Waals surface area contributed by atoms with Crippen LogP contribution < -0.4 is 5.32 Å². The van der Waals surface area contributed by atoms with Gasteiger partial charge in [-0.05, 0) is 43.3 Å². The first-order valence-corrected chi connectivity index (χ1v) is 8.09. The number of aromatic nitrogens is 2. The van der Waals surface area contributed by atoms with Crippen molar-refractivity contribution in [2.75, 3.05) is 11.9 Å². The first kappa shape index (κ1) is 12.7. The van der Waals surface area contributed by atoms with E-state index in [1.165, 1.54) is 21.6 Å². The lowest BCUT2D eigenvalue weighted by Crippen LogP contribution is -2.05. The molecule has 0 bridgehead atoms. The molecule has 4 rings (SSSR count). The molecular weight excluding hydrogens is 278 g/mol. The molecule has 1 aliphatic heterocycles. The zero-order valence-electron chi connectivity index (χ0n) is 12.2. The Morgan fingerprint density at radius 3 is 2.90 bits per heavy atom. The monoisotopic (exact) mass is 295 g/mol. The molecule has 2 aromatic heterocycles. The lowest BCUT2D eigenvalue weighted by Gasteiger charge is -2.10. The van der Waals surface area contributed by atoms with Gasteiger partial charge in [-0.2, -0.15) is 5.10 Å². The molecule has 1 aliphatic rings. The van der Waals surface area contributed by atoms with E-state index in [1.54, 1.807) is 11.3 Å². The second kappa shape index (κ2) is 4.74. The summed E-state index contributed by atoms with van der Waals surface area (Å²) < 4.78 is 2.08. The minimum atomic E-state index is 0.996. The Morgan fingerprint density at radius 2 is 2.14 bits per heavy atom. The van der Waals surface area contributed by atoms with Crippen molar-refractivity contribution < 1.29 is 0 Å². The average molecular weight is 295 g/mol. The van der Waals surface area contributed by atoms with Gasteiger partial charge >= 0.3 is 0 Å². The van der Waals surface area contributed by atoms with Crippen molar-refractivity contribution in [1.82, 2.24) is 9.78 Å². The van der Waals surface area contributed by atoms with E-state index < -0.39 is 0 Å². The number of nitrogens with zero attached hydrogens (tertiary/aromatic N) is 2. The molecule has 0 spiro atoms. The van der Waals surface area contributed by atoms with Crippen molar-refractivity contribution in [2.45, 2.75) is 20.3 Å². The van der Waals surface area contributed by atoms with Gasteiger partial charge in [0, 0.05) is 12.1 Å². The molecule has 0 saturated heterocycles.